The number of nitrogens with one attached hydrogen (secondary N) is 1. The average molecular weight is 693 g/mol. The van der Waals surface area contributed by atoms with Crippen molar-refractivity contribution in [2.45, 2.75) is 51.5 Å². The molecule has 8 nitrogen and oxygen atoms in total. The Morgan fingerprint density at radius 3 is 2.25 bits per heavy atom. The molecule has 264 valence electrons. The van der Waals surface area contributed by atoms with E-state index in [1.807, 2.05) is 72.8 Å². The van der Waals surface area contributed by atoms with Gasteiger partial charge >= 0.3 is 0 Å². The van der Waals surface area contributed by atoms with Gasteiger partial charge in [-0.3, -0.25) is 14.7 Å². The van der Waals surface area contributed by atoms with Gasteiger partial charge in [-0.05, 0) is 59.5 Å². The molecule has 1 aromatic heterocycles. The summed E-state index contributed by atoms with van der Waals surface area (Å²) in [7, 11) is 2.15. The SMILES string of the molecule is C[C@@H]1[C@H](CN(C)[C@@H](C)c2ccccc2)O[C@H](c2ccc(-c3ccccc3CNC(=O)c3cnc4ccccc4n3)cc2)O[C@@H]1c1ccc(CO)cc1. The number of aliphatic hydroxyl groups excluding tert-OH is 1. The van der Waals surface area contributed by atoms with Crippen molar-refractivity contribution in [1.82, 2.24) is 20.2 Å². The molecule has 2 N–H and O–H groups in total. The van der Waals surface area contributed by atoms with E-state index in [2.05, 4.69) is 95.7 Å². The number of aliphatic hydroxyl groups is 1. The molecular formula is C44H44N4O4. The molecule has 0 spiro atoms. The van der Waals surface area contributed by atoms with Crippen LogP contribution >= 0.6 is 0 Å². The molecule has 7 rings (SSSR count). The van der Waals surface area contributed by atoms with E-state index in [9.17, 15) is 9.90 Å². The monoisotopic (exact) mass is 692 g/mol. The number of amides is 1. The maximum Gasteiger partial charge on any atom is 0.271 e. The van der Waals surface area contributed by atoms with Crippen LogP contribution in [0.3, 0.4) is 0 Å². The fraction of sp³-hybridized carbons (Fsp3) is 0.250. The lowest BCUT2D eigenvalue weighted by Crippen LogP contribution is -2.44. The lowest BCUT2D eigenvalue weighted by molar-refractivity contribution is -0.276. The quantitative estimate of drug-likeness (QED) is 0.141. The Morgan fingerprint density at radius 1 is 0.827 bits per heavy atom. The molecule has 0 saturated carbocycles. The van der Waals surface area contributed by atoms with Gasteiger partial charge in [0.15, 0.2) is 6.29 Å². The Bertz CT molecular complexity index is 2110. The van der Waals surface area contributed by atoms with Crippen molar-refractivity contribution in [3.05, 3.63) is 167 Å². The molecule has 0 unspecified atom stereocenters. The highest BCUT2D eigenvalue weighted by molar-refractivity contribution is 5.93. The van der Waals surface area contributed by atoms with Crippen LogP contribution in [-0.2, 0) is 22.6 Å². The van der Waals surface area contributed by atoms with Gasteiger partial charge in [-0.1, -0.05) is 122 Å². The summed E-state index contributed by atoms with van der Waals surface area (Å²) in [5, 5.41) is 12.7. The van der Waals surface area contributed by atoms with Crippen molar-refractivity contribution in [2.75, 3.05) is 13.6 Å². The minimum Gasteiger partial charge on any atom is -0.392 e. The number of para-hydroxylation sites is 2. The number of carbonyl (C=O) groups excluding carboxylic acids is 1. The molecule has 0 radical (unpaired) electrons. The predicted octanol–water partition coefficient (Wildman–Crippen LogP) is 8.20. The standard InChI is InChI=1S/C44H44N4O4/c1-29-41(27-48(3)30(2)32-11-5-4-6-12-32)51-44(52-42(29)34-19-17-31(28-49)18-20-34)35-23-21-33(22-24-35)37-14-8-7-13-36(37)25-46-43(50)40-26-45-38-15-9-10-16-39(38)47-40/h4-24,26,29-30,41-42,44,49H,25,27-28H2,1-3H3,(H,46,50)/t29-,30+,41+,42+,44+/m1/s1. The molecule has 1 aliphatic heterocycles. The van der Waals surface area contributed by atoms with Crippen LogP contribution in [0.25, 0.3) is 22.2 Å². The second-order valence-corrected chi connectivity index (χ2v) is 13.6. The Hall–Kier alpha value is -5.25. The number of hydrogen-bond acceptors (Lipinski definition) is 7. The molecule has 0 aliphatic carbocycles. The van der Waals surface area contributed by atoms with Gasteiger partial charge in [-0.25, -0.2) is 4.98 Å². The second-order valence-electron chi connectivity index (χ2n) is 13.6. The molecule has 1 saturated heterocycles. The van der Waals surface area contributed by atoms with Crippen LogP contribution in [0.2, 0.25) is 0 Å². The molecular weight excluding hydrogens is 649 g/mol. The van der Waals surface area contributed by atoms with Crippen LogP contribution in [0.1, 0.15) is 70.6 Å². The number of likely N-dealkylation sites (N-methyl/N-ethyl adjacent to an activating group) is 1. The van der Waals surface area contributed by atoms with Crippen LogP contribution in [0.15, 0.2) is 134 Å². The van der Waals surface area contributed by atoms with Crippen molar-refractivity contribution in [3.8, 4) is 11.1 Å². The molecule has 0 bridgehead atoms. The van der Waals surface area contributed by atoms with Gasteiger partial charge in [0.2, 0.25) is 0 Å². The van der Waals surface area contributed by atoms with Crippen LogP contribution in [0.4, 0.5) is 0 Å². The zero-order valence-corrected chi connectivity index (χ0v) is 29.7. The van der Waals surface area contributed by atoms with E-state index < -0.39 is 6.29 Å². The first kappa shape index (κ1) is 35.2. The highest BCUT2D eigenvalue weighted by atomic mass is 16.7. The molecule has 5 atom stereocenters. The van der Waals surface area contributed by atoms with E-state index in [1.165, 1.54) is 11.8 Å². The van der Waals surface area contributed by atoms with E-state index in [-0.39, 0.29) is 42.4 Å². The first-order valence-electron chi connectivity index (χ1n) is 17.8. The van der Waals surface area contributed by atoms with Crippen molar-refractivity contribution in [2.24, 2.45) is 5.92 Å². The number of aromatic nitrogens is 2. The van der Waals surface area contributed by atoms with E-state index in [0.717, 1.165) is 45.4 Å². The average Bonchev–Trinajstić information content (AvgIpc) is 3.20. The topological polar surface area (TPSA) is 96.8 Å². The van der Waals surface area contributed by atoms with Gasteiger partial charge in [0.25, 0.3) is 5.91 Å². The van der Waals surface area contributed by atoms with Crippen molar-refractivity contribution >= 4 is 16.9 Å². The summed E-state index contributed by atoms with van der Waals surface area (Å²) in [6.45, 7) is 5.48. The summed E-state index contributed by atoms with van der Waals surface area (Å²) in [6, 6.07) is 42.6. The lowest BCUT2D eigenvalue weighted by atomic mass is 9.89. The smallest absolute Gasteiger partial charge is 0.271 e. The molecule has 1 aliphatic rings. The largest absolute Gasteiger partial charge is 0.392 e. The van der Waals surface area contributed by atoms with Gasteiger partial charge in [0, 0.05) is 30.6 Å². The maximum absolute atomic E-state index is 13.1. The number of fused-ring (bicyclic) bond motifs is 1. The zero-order valence-electron chi connectivity index (χ0n) is 29.7. The van der Waals surface area contributed by atoms with E-state index in [0.29, 0.717) is 12.1 Å². The van der Waals surface area contributed by atoms with Crippen LogP contribution in [0, 0.1) is 5.92 Å². The summed E-state index contributed by atoms with van der Waals surface area (Å²) in [5.74, 6) is -0.202. The van der Waals surface area contributed by atoms with Gasteiger partial charge in [-0.2, -0.15) is 0 Å². The Morgan fingerprint density at radius 2 is 1.50 bits per heavy atom. The minimum absolute atomic E-state index is 0.00112. The Labute approximate surface area is 305 Å². The van der Waals surface area contributed by atoms with Gasteiger partial charge in [0.1, 0.15) is 5.69 Å². The highest BCUT2D eigenvalue weighted by Gasteiger charge is 2.39. The predicted molar refractivity (Wildman–Crippen MR) is 203 cm³/mol. The Kier molecular flexibility index (Phi) is 10.8. The number of ether oxygens (including phenoxy) is 2. The van der Waals surface area contributed by atoms with E-state index in [1.54, 1.807) is 0 Å². The molecule has 6 aromatic rings. The third kappa shape index (κ3) is 7.81. The maximum atomic E-state index is 13.1. The summed E-state index contributed by atoms with van der Waals surface area (Å²) in [4.78, 5) is 24.3. The van der Waals surface area contributed by atoms with Crippen LogP contribution < -0.4 is 5.32 Å². The van der Waals surface area contributed by atoms with Crippen molar-refractivity contribution < 1.29 is 19.4 Å². The summed E-state index contributed by atoms with van der Waals surface area (Å²) in [5.41, 5.74) is 8.85. The van der Waals surface area contributed by atoms with Gasteiger partial charge < -0.3 is 19.9 Å². The second kappa shape index (κ2) is 16.0. The normalized spacial score (nSPS) is 19.4. The first-order valence-corrected chi connectivity index (χ1v) is 17.8. The van der Waals surface area contributed by atoms with Crippen molar-refractivity contribution in [1.29, 1.82) is 0 Å². The first-order chi connectivity index (χ1) is 25.4. The van der Waals surface area contributed by atoms with Gasteiger partial charge in [0.05, 0.1) is 36.0 Å². The minimum atomic E-state index is -0.573. The van der Waals surface area contributed by atoms with Crippen LogP contribution in [0.5, 0.6) is 0 Å². The number of nitrogens with zero attached hydrogens (tertiary/aromatic N) is 3. The summed E-state index contributed by atoms with van der Waals surface area (Å²) < 4.78 is 13.5. The molecule has 8 heteroatoms. The van der Waals surface area contributed by atoms with E-state index >= 15 is 0 Å². The molecule has 1 amide bonds. The molecule has 1 fully saturated rings. The zero-order chi connectivity index (χ0) is 36.0. The fourth-order valence-electron chi connectivity index (χ4n) is 6.86. The third-order valence-electron chi connectivity index (χ3n) is 10.2. The number of carbonyl (C=O) groups is 1. The van der Waals surface area contributed by atoms with Gasteiger partial charge in [-0.15, -0.1) is 0 Å². The third-order valence-corrected chi connectivity index (χ3v) is 10.2. The lowest BCUT2D eigenvalue weighted by Gasteiger charge is -2.43. The van der Waals surface area contributed by atoms with Crippen molar-refractivity contribution in [3.63, 3.8) is 0 Å². The number of hydrogen-bond donors (Lipinski definition) is 2. The Balaban J connectivity index is 1.09. The summed E-state index contributed by atoms with van der Waals surface area (Å²) in [6.07, 6.45) is 0.636. The van der Waals surface area contributed by atoms with E-state index in [4.69, 9.17) is 9.47 Å². The fourth-order valence-corrected chi connectivity index (χ4v) is 6.86. The van der Waals surface area contributed by atoms with Crippen LogP contribution in [-0.4, -0.2) is 45.6 Å². The highest BCUT2D eigenvalue weighted by Crippen LogP contribution is 2.42. The summed E-state index contributed by atoms with van der Waals surface area (Å²) >= 11 is 0. The molecule has 5 aromatic carbocycles. The number of benzene rings is 5. The number of rotatable bonds is 11. The molecule has 52 heavy (non-hydrogen) atoms. The molecule has 2 heterocycles.